The summed E-state index contributed by atoms with van der Waals surface area (Å²) in [6.45, 7) is 9.29. The van der Waals surface area contributed by atoms with Crippen molar-refractivity contribution in [1.29, 1.82) is 0 Å². The highest BCUT2D eigenvalue weighted by molar-refractivity contribution is 5.87. The predicted molar refractivity (Wildman–Crippen MR) is 113 cm³/mol. The first-order valence-electron chi connectivity index (χ1n) is 10.6. The molecule has 6 nitrogen and oxygen atoms in total. The van der Waals surface area contributed by atoms with E-state index in [9.17, 15) is 9.90 Å². The van der Waals surface area contributed by atoms with Crippen LogP contribution in [0.1, 0.15) is 53.4 Å². The molecule has 0 saturated carbocycles. The molecule has 2 N–H and O–H groups in total. The number of amides is 1. The highest BCUT2D eigenvalue weighted by Gasteiger charge is 2.33. The molecule has 2 rings (SSSR count). The molecule has 2 aliphatic heterocycles. The highest BCUT2D eigenvalue weighted by atomic mass is 16.7. The largest absolute Gasteiger partial charge is 0.396 e. The zero-order chi connectivity index (χ0) is 21.3. The molecular formula is C23H37NO5. The SMILES string of the molecule is CC/C=C\C(=O)N[C@H]1CO[C@@H](C/C=C(C)/C=C/[C@@H]2C[C@H](CO)CC(C)(C)O2)OC1. The summed E-state index contributed by atoms with van der Waals surface area (Å²) >= 11 is 0. The first kappa shape index (κ1) is 23.8. The zero-order valence-electron chi connectivity index (χ0n) is 18.2. The molecule has 6 heteroatoms. The third-order valence-electron chi connectivity index (χ3n) is 5.10. The molecule has 164 valence electrons. The lowest BCUT2D eigenvalue weighted by molar-refractivity contribution is -0.187. The summed E-state index contributed by atoms with van der Waals surface area (Å²) in [7, 11) is 0. The van der Waals surface area contributed by atoms with E-state index in [1.54, 1.807) is 6.08 Å². The van der Waals surface area contributed by atoms with Crippen molar-refractivity contribution in [2.75, 3.05) is 19.8 Å². The van der Waals surface area contributed by atoms with Crippen LogP contribution >= 0.6 is 0 Å². The van der Waals surface area contributed by atoms with Gasteiger partial charge in [0.25, 0.3) is 0 Å². The van der Waals surface area contributed by atoms with Crippen LogP contribution < -0.4 is 5.32 Å². The van der Waals surface area contributed by atoms with Crippen molar-refractivity contribution in [2.24, 2.45) is 5.92 Å². The topological polar surface area (TPSA) is 77.0 Å². The van der Waals surface area contributed by atoms with Gasteiger partial charge in [-0.05, 0) is 52.0 Å². The maximum absolute atomic E-state index is 11.7. The minimum atomic E-state index is -0.290. The first-order chi connectivity index (χ1) is 13.8. The number of aliphatic hydroxyl groups excluding tert-OH is 1. The Bertz CT molecular complexity index is 602. The molecule has 0 unspecified atom stereocenters. The molecule has 2 saturated heterocycles. The summed E-state index contributed by atoms with van der Waals surface area (Å²) in [5, 5.41) is 12.4. The van der Waals surface area contributed by atoms with Gasteiger partial charge >= 0.3 is 0 Å². The van der Waals surface area contributed by atoms with Gasteiger partial charge in [-0.15, -0.1) is 0 Å². The smallest absolute Gasteiger partial charge is 0.244 e. The van der Waals surface area contributed by atoms with E-state index in [2.05, 4.69) is 37.4 Å². The van der Waals surface area contributed by atoms with Crippen LogP contribution in [-0.2, 0) is 19.0 Å². The van der Waals surface area contributed by atoms with Crippen molar-refractivity contribution in [2.45, 2.75) is 77.4 Å². The van der Waals surface area contributed by atoms with Crippen molar-refractivity contribution < 1.29 is 24.1 Å². The molecule has 2 fully saturated rings. The molecule has 2 aliphatic rings. The number of carbonyl (C=O) groups excluding carboxylic acids is 1. The fourth-order valence-corrected chi connectivity index (χ4v) is 3.72. The molecule has 0 aromatic rings. The number of hydrogen-bond donors (Lipinski definition) is 2. The molecule has 0 aliphatic carbocycles. The Hall–Kier alpha value is -1.47. The van der Waals surface area contributed by atoms with Gasteiger partial charge in [0.15, 0.2) is 6.29 Å². The Morgan fingerprint density at radius 2 is 1.97 bits per heavy atom. The molecular weight excluding hydrogens is 370 g/mol. The van der Waals surface area contributed by atoms with Gasteiger partial charge in [-0.1, -0.05) is 36.8 Å². The lowest BCUT2D eigenvalue weighted by Gasteiger charge is -2.39. The van der Waals surface area contributed by atoms with Crippen molar-refractivity contribution >= 4 is 5.91 Å². The van der Waals surface area contributed by atoms with Gasteiger partial charge in [0.2, 0.25) is 5.91 Å². The summed E-state index contributed by atoms with van der Waals surface area (Å²) in [5.74, 6) is 0.174. The van der Waals surface area contributed by atoms with E-state index in [1.165, 1.54) is 0 Å². The number of carbonyl (C=O) groups is 1. The van der Waals surface area contributed by atoms with Crippen LogP contribution in [0.2, 0.25) is 0 Å². The molecule has 0 bridgehead atoms. The van der Waals surface area contributed by atoms with Gasteiger partial charge in [0.05, 0.1) is 31.0 Å². The molecule has 0 radical (unpaired) electrons. The lowest BCUT2D eigenvalue weighted by Crippen LogP contribution is -2.46. The minimum Gasteiger partial charge on any atom is -0.396 e. The maximum atomic E-state index is 11.7. The van der Waals surface area contributed by atoms with E-state index in [4.69, 9.17) is 14.2 Å². The normalized spacial score (nSPS) is 30.7. The van der Waals surface area contributed by atoms with Crippen LogP contribution in [0.15, 0.2) is 36.0 Å². The quantitative estimate of drug-likeness (QED) is 0.477. The average molecular weight is 408 g/mol. The van der Waals surface area contributed by atoms with Crippen LogP contribution in [0.4, 0.5) is 0 Å². The van der Waals surface area contributed by atoms with Gasteiger partial charge in [0.1, 0.15) is 0 Å². The third kappa shape index (κ3) is 8.83. The number of aliphatic hydroxyl groups is 1. The third-order valence-corrected chi connectivity index (χ3v) is 5.10. The molecule has 0 spiro atoms. The van der Waals surface area contributed by atoms with Crippen LogP contribution in [0.5, 0.6) is 0 Å². The van der Waals surface area contributed by atoms with Crippen molar-refractivity contribution in [3.05, 3.63) is 36.0 Å². The second kappa shape index (κ2) is 11.6. The fourth-order valence-electron chi connectivity index (χ4n) is 3.72. The van der Waals surface area contributed by atoms with Gasteiger partial charge in [-0.25, -0.2) is 0 Å². The Kier molecular flexibility index (Phi) is 9.56. The van der Waals surface area contributed by atoms with Gasteiger partial charge < -0.3 is 24.6 Å². The summed E-state index contributed by atoms with van der Waals surface area (Å²) in [6.07, 6.45) is 12.5. The second-order valence-electron chi connectivity index (χ2n) is 8.56. The number of ether oxygens (including phenoxy) is 3. The fraction of sp³-hybridized carbons (Fsp3) is 0.696. The molecule has 2 atom stereocenters. The van der Waals surface area contributed by atoms with Crippen molar-refractivity contribution in [1.82, 2.24) is 5.32 Å². The van der Waals surface area contributed by atoms with Crippen molar-refractivity contribution in [3.63, 3.8) is 0 Å². The van der Waals surface area contributed by atoms with Crippen LogP contribution in [0, 0.1) is 5.92 Å². The lowest BCUT2D eigenvalue weighted by atomic mass is 9.86. The predicted octanol–water partition coefficient (Wildman–Crippen LogP) is 3.27. The Balaban J connectivity index is 1.74. The summed E-state index contributed by atoms with van der Waals surface area (Å²) in [6, 6.07) is -0.114. The molecule has 0 aromatic heterocycles. The Morgan fingerprint density at radius 3 is 2.62 bits per heavy atom. The van der Waals surface area contributed by atoms with Crippen LogP contribution in [0.25, 0.3) is 0 Å². The van der Waals surface area contributed by atoms with E-state index in [0.29, 0.717) is 19.6 Å². The number of allylic oxidation sites excluding steroid dienone is 3. The van der Waals surface area contributed by atoms with Crippen molar-refractivity contribution in [3.8, 4) is 0 Å². The number of hydrogen-bond acceptors (Lipinski definition) is 5. The molecule has 2 heterocycles. The van der Waals surface area contributed by atoms with Crippen LogP contribution in [-0.4, -0.2) is 54.9 Å². The summed E-state index contributed by atoms with van der Waals surface area (Å²) in [4.78, 5) is 11.7. The zero-order valence-corrected chi connectivity index (χ0v) is 18.2. The monoisotopic (exact) mass is 407 g/mol. The van der Waals surface area contributed by atoms with Gasteiger partial charge in [-0.3, -0.25) is 4.79 Å². The van der Waals surface area contributed by atoms with E-state index < -0.39 is 0 Å². The first-order valence-corrected chi connectivity index (χ1v) is 10.6. The number of rotatable bonds is 8. The number of nitrogens with one attached hydrogen (secondary N) is 1. The Labute approximate surface area is 175 Å². The second-order valence-corrected chi connectivity index (χ2v) is 8.56. The van der Waals surface area contributed by atoms with E-state index in [0.717, 1.165) is 24.8 Å². The minimum absolute atomic E-state index is 0.0209. The molecule has 1 amide bonds. The summed E-state index contributed by atoms with van der Waals surface area (Å²) in [5.41, 5.74) is 0.908. The molecule has 29 heavy (non-hydrogen) atoms. The molecule has 0 aromatic carbocycles. The Morgan fingerprint density at radius 1 is 1.24 bits per heavy atom. The van der Waals surface area contributed by atoms with E-state index in [1.807, 2.05) is 19.9 Å². The highest BCUT2D eigenvalue weighted by Crippen LogP contribution is 2.32. The average Bonchev–Trinajstić information content (AvgIpc) is 2.69. The summed E-state index contributed by atoms with van der Waals surface area (Å²) < 4.78 is 17.5. The van der Waals surface area contributed by atoms with Gasteiger partial charge in [0, 0.05) is 13.0 Å². The maximum Gasteiger partial charge on any atom is 0.244 e. The van der Waals surface area contributed by atoms with E-state index in [-0.39, 0.29) is 42.5 Å². The standard InChI is InChI=1S/C23H37NO5/c1-5-6-7-21(26)24-19-15-27-22(28-16-19)11-9-17(2)8-10-20-12-18(14-25)13-23(3,4)29-20/h6-10,18-20,22,25H,5,11-16H2,1-4H3,(H,24,26)/b7-6-,10-8+,17-9+/t18-,19-,20+,22+/m0/s1. The van der Waals surface area contributed by atoms with Crippen LogP contribution in [0.3, 0.4) is 0 Å². The van der Waals surface area contributed by atoms with E-state index >= 15 is 0 Å². The van der Waals surface area contributed by atoms with Gasteiger partial charge in [-0.2, -0.15) is 0 Å².